The standard InChI is InChI=1S/C33H39F3N4O5Si.C27H25F3N4O4/c1-6-18-38-30-28(31(41)39(19-7-2)32(38)42)40(23-43-21-22-46(3,4)5)29(37-30)25-12-16-26(17-13-25)44-20-8-9-24-10-14-27(15-11-24)45-33(34,35)36;1-3-15-33-24-22(25(35)34(16-4-2)26(33)36)31-23(32-24)19-9-13-20(14-10-19)37-17-5-6-18-7-11-21(12-8-18)38-27(28,29)30/h10-17H,6-7,18-23H2,1-5H3;7-14H,3-4,15-17H2,1-2H3,(H,31,32). The minimum atomic E-state index is -4.75. The summed E-state index contributed by atoms with van der Waals surface area (Å²) in [6.45, 7) is 16.8. The predicted molar refractivity (Wildman–Crippen MR) is 310 cm³/mol. The van der Waals surface area contributed by atoms with E-state index < -0.39 is 20.8 Å². The van der Waals surface area contributed by atoms with Crippen molar-refractivity contribution in [1.29, 1.82) is 0 Å². The first-order chi connectivity index (χ1) is 40.0. The highest BCUT2D eigenvalue weighted by atomic mass is 28.3. The third-order valence-electron chi connectivity index (χ3n) is 12.5. The Kier molecular flexibility index (Phi) is 21.0. The lowest BCUT2D eigenvalue weighted by molar-refractivity contribution is -0.275. The van der Waals surface area contributed by atoms with Crippen LogP contribution in [0.25, 0.3) is 45.1 Å². The molecule has 8 aromatic rings. The van der Waals surface area contributed by atoms with E-state index in [1.165, 1.54) is 62.2 Å². The molecule has 0 fully saturated rings. The van der Waals surface area contributed by atoms with Gasteiger partial charge in [0.15, 0.2) is 16.8 Å². The van der Waals surface area contributed by atoms with Gasteiger partial charge in [0, 0.05) is 63.1 Å². The van der Waals surface area contributed by atoms with Gasteiger partial charge < -0.3 is 28.7 Å². The van der Waals surface area contributed by atoms with Gasteiger partial charge in [0.1, 0.15) is 60.1 Å². The largest absolute Gasteiger partial charge is 0.573 e. The number of hydrogen-bond acceptors (Lipinski definition) is 11. The molecule has 0 aliphatic rings. The molecule has 8 rings (SSSR count). The van der Waals surface area contributed by atoms with Gasteiger partial charge in [0.05, 0.1) is 0 Å². The summed E-state index contributed by atoms with van der Waals surface area (Å²) >= 11 is 0. The molecule has 0 unspecified atom stereocenters. The molecule has 0 radical (unpaired) electrons. The molecule has 0 aliphatic carbocycles. The molecular formula is C60H64F6N8O9Si. The SMILES string of the molecule is CCCn1c(=O)c2[nH]c(-c3ccc(OCC#Cc4ccc(OC(F)(F)F)cc4)cc3)nc2n(CCC)c1=O.CCCn1c(=O)c2c(nc(-c3ccc(OCC#Cc4ccc(OC(F)(F)F)cc4)cc3)n2COCC[Si](C)(C)C)n(CCC)c1=O. The van der Waals surface area contributed by atoms with Crippen LogP contribution in [-0.4, -0.2) is 78.4 Å². The van der Waals surface area contributed by atoms with Gasteiger partial charge in [0.2, 0.25) is 0 Å². The van der Waals surface area contributed by atoms with Crippen LogP contribution < -0.4 is 41.4 Å². The fraction of sp³-hybridized carbons (Fsp3) is 0.367. The summed E-state index contributed by atoms with van der Waals surface area (Å²) in [5.41, 5.74) is 2.22. The summed E-state index contributed by atoms with van der Waals surface area (Å²) in [5.74, 6) is 12.7. The molecule has 1 N–H and O–H groups in total. The molecule has 4 aromatic heterocycles. The maximum absolute atomic E-state index is 13.7. The molecule has 4 aromatic carbocycles. The number of aryl methyl sites for hydroxylation is 2. The van der Waals surface area contributed by atoms with Crippen molar-refractivity contribution in [3.8, 4) is 69.5 Å². The molecule has 4 heterocycles. The Balaban J connectivity index is 0.000000245. The van der Waals surface area contributed by atoms with E-state index in [0.29, 0.717) is 121 Å². The van der Waals surface area contributed by atoms with Gasteiger partial charge in [0.25, 0.3) is 11.1 Å². The number of ether oxygens (including phenoxy) is 5. The Hall–Kier alpha value is -8.74. The summed E-state index contributed by atoms with van der Waals surface area (Å²) in [6, 6.07) is 25.6. The summed E-state index contributed by atoms with van der Waals surface area (Å²) < 4.78 is 106. The van der Waals surface area contributed by atoms with Gasteiger partial charge in [-0.05, 0) is 129 Å². The lowest BCUT2D eigenvalue weighted by Gasteiger charge is -2.16. The van der Waals surface area contributed by atoms with Crippen LogP contribution in [0, 0.1) is 23.7 Å². The molecule has 0 bridgehead atoms. The zero-order valence-corrected chi connectivity index (χ0v) is 48.5. The van der Waals surface area contributed by atoms with Crippen LogP contribution in [0.15, 0.2) is 116 Å². The van der Waals surface area contributed by atoms with E-state index in [4.69, 9.17) is 19.2 Å². The number of nitrogens with one attached hydrogen (secondary N) is 1. The number of hydrogen-bond donors (Lipinski definition) is 1. The fourth-order valence-corrected chi connectivity index (χ4v) is 9.33. The van der Waals surface area contributed by atoms with Crippen molar-refractivity contribution in [3.05, 3.63) is 150 Å². The monoisotopic (exact) mass is 1180 g/mol. The molecule has 17 nitrogen and oxygen atoms in total. The van der Waals surface area contributed by atoms with Crippen LogP contribution in [0.2, 0.25) is 25.7 Å². The first-order valence-electron chi connectivity index (χ1n) is 27.2. The fourth-order valence-electron chi connectivity index (χ4n) is 8.57. The van der Waals surface area contributed by atoms with Gasteiger partial charge in [-0.15, -0.1) is 26.3 Å². The first kappa shape index (κ1) is 62.8. The molecule has 444 valence electrons. The van der Waals surface area contributed by atoms with Gasteiger partial charge in [-0.2, -0.15) is 0 Å². The number of rotatable bonds is 21. The van der Waals surface area contributed by atoms with Crippen LogP contribution in [-0.2, 0) is 37.6 Å². The highest BCUT2D eigenvalue weighted by molar-refractivity contribution is 6.76. The predicted octanol–water partition coefficient (Wildman–Crippen LogP) is 11.2. The molecule has 0 amide bonds. The van der Waals surface area contributed by atoms with E-state index in [9.17, 15) is 45.5 Å². The highest BCUT2D eigenvalue weighted by Crippen LogP contribution is 2.28. The zero-order chi connectivity index (χ0) is 60.8. The molecule has 0 saturated carbocycles. The molecule has 0 aliphatic heterocycles. The van der Waals surface area contributed by atoms with Crippen molar-refractivity contribution in [2.45, 2.75) is 125 Å². The average molecular weight is 1180 g/mol. The Labute approximate surface area is 480 Å². The van der Waals surface area contributed by atoms with Gasteiger partial charge in [-0.25, -0.2) is 19.6 Å². The van der Waals surface area contributed by atoms with E-state index in [-0.39, 0.29) is 59.5 Å². The first-order valence-corrected chi connectivity index (χ1v) is 30.9. The quantitative estimate of drug-likeness (QED) is 0.0313. The average Bonchev–Trinajstić information content (AvgIpc) is 1.88. The van der Waals surface area contributed by atoms with Crippen LogP contribution in [0.4, 0.5) is 26.3 Å². The number of H-pyrrole nitrogens is 1. The topological polar surface area (TPSA) is 181 Å². The maximum Gasteiger partial charge on any atom is 0.573 e. The van der Waals surface area contributed by atoms with Crippen LogP contribution in [0.1, 0.15) is 64.5 Å². The van der Waals surface area contributed by atoms with Crippen molar-refractivity contribution in [2.75, 3.05) is 19.8 Å². The molecule has 0 spiro atoms. The van der Waals surface area contributed by atoms with Crippen LogP contribution in [0.5, 0.6) is 23.0 Å². The second-order valence-corrected chi connectivity index (χ2v) is 25.9. The zero-order valence-electron chi connectivity index (χ0n) is 47.5. The van der Waals surface area contributed by atoms with Crippen molar-refractivity contribution >= 4 is 30.4 Å². The van der Waals surface area contributed by atoms with Gasteiger partial charge in [-0.1, -0.05) is 71.0 Å². The number of benzene rings is 4. The van der Waals surface area contributed by atoms with Crippen LogP contribution >= 0.6 is 0 Å². The third kappa shape index (κ3) is 16.7. The summed E-state index contributed by atoms with van der Waals surface area (Å²) in [5, 5.41) is 0. The van der Waals surface area contributed by atoms with Crippen molar-refractivity contribution in [1.82, 2.24) is 37.8 Å². The second kappa shape index (κ2) is 28.0. The Bertz CT molecular complexity index is 3910. The number of aromatic nitrogens is 8. The highest BCUT2D eigenvalue weighted by Gasteiger charge is 2.32. The Morgan fingerprint density at radius 2 is 0.952 bits per heavy atom. The molecule has 0 atom stereocenters. The summed E-state index contributed by atoms with van der Waals surface area (Å²) in [4.78, 5) is 65.2. The van der Waals surface area contributed by atoms with E-state index in [1.54, 1.807) is 45.5 Å². The van der Waals surface area contributed by atoms with E-state index in [2.05, 4.69) is 62.8 Å². The summed E-state index contributed by atoms with van der Waals surface area (Å²) in [6.07, 6.45) is -6.79. The lowest BCUT2D eigenvalue weighted by atomic mass is 10.2. The summed E-state index contributed by atoms with van der Waals surface area (Å²) in [7, 11) is -1.35. The molecular weight excluding hydrogens is 1120 g/mol. The normalized spacial score (nSPS) is 11.6. The van der Waals surface area contributed by atoms with E-state index >= 15 is 0 Å². The lowest BCUT2D eigenvalue weighted by Crippen LogP contribution is -2.40. The Morgan fingerprint density at radius 1 is 0.524 bits per heavy atom. The molecule has 84 heavy (non-hydrogen) atoms. The minimum Gasteiger partial charge on any atom is -0.481 e. The van der Waals surface area contributed by atoms with E-state index in [1.807, 2.05) is 39.8 Å². The third-order valence-corrected chi connectivity index (χ3v) is 14.2. The van der Waals surface area contributed by atoms with Gasteiger partial charge in [-0.3, -0.25) is 32.4 Å². The number of alkyl halides is 6. The van der Waals surface area contributed by atoms with Crippen LogP contribution in [0.3, 0.4) is 0 Å². The smallest absolute Gasteiger partial charge is 0.481 e. The second-order valence-electron chi connectivity index (χ2n) is 20.3. The Morgan fingerprint density at radius 3 is 1.40 bits per heavy atom. The number of aromatic amines is 1. The molecule has 0 saturated heterocycles. The maximum atomic E-state index is 13.7. The van der Waals surface area contributed by atoms with Gasteiger partial charge >= 0.3 is 24.1 Å². The minimum absolute atomic E-state index is 0.0455. The van der Waals surface area contributed by atoms with Crippen molar-refractivity contribution in [2.24, 2.45) is 0 Å². The number of nitrogens with zero attached hydrogens (tertiary/aromatic N) is 7. The number of imidazole rings is 2. The molecule has 24 heteroatoms. The van der Waals surface area contributed by atoms with Crippen molar-refractivity contribution in [3.63, 3.8) is 0 Å². The van der Waals surface area contributed by atoms with Crippen molar-refractivity contribution < 1.29 is 50.0 Å². The number of halogens is 6. The van der Waals surface area contributed by atoms with E-state index in [0.717, 1.165) is 6.04 Å². The number of fused-ring (bicyclic) bond motifs is 2.